The number of amides is 2. The normalized spacial score (nSPS) is 12.0. The van der Waals surface area contributed by atoms with Gasteiger partial charge in [-0.1, -0.05) is 12.1 Å². The molecule has 0 atom stereocenters. The van der Waals surface area contributed by atoms with Crippen LogP contribution in [0.2, 0.25) is 0 Å². The number of benzene rings is 1. The van der Waals surface area contributed by atoms with Gasteiger partial charge in [-0.3, -0.25) is 9.59 Å². The molecule has 1 aromatic carbocycles. The van der Waals surface area contributed by atoms with Crippen LogP contribution >= 0.6 is 0 Å². The Labute approximate surface area is 138 Å². The van der Waals surface area contributed by atoms with Crippen LogP contribution in [0.5, 0.6) is 0 Å². The highest BCUT2D eigenvalue weighted by Gasteiger charge is 2.34. The summed E-state index contributed by atoms with van der Waals surface area (Å²) in [5.74, 6) is -0.414. The number of likely N-dealkylation sites (N-methyl/N-ethyl adjacent to an activating group) is 2. The summed E-state index contributed by atoms with van der Waals surface area (Å²) in [5, 5.41) is 12.3. The summed E-state index contributed by atoms with van der Waals surface area (Å²) in [7, 11) is 3.18. The van der Waals surface area contributed by atoms with Crippen molar-refractivity contribution in [2.24, 2.45) is 0 Å². The Kier molecular flexibility index (Phi) is 5.94. The van der Waals surface area contributed by atoms with Gasteiger partial charge in [0.1, 0.15) is 5.54 Å². The quantitative estimate of drug-likeness (QED) is 0.842. The minimum absolute atomic E-state index is 0.201. The lowest BCUT2D eigenvalue weighted by atomic mass is 9.97. The fourth-order valence-electron chi connectivity index (χ4n) is 2.17. The van der Waals surface area contributed by atoms with E-state index in [9.17, 15) is 14.7 Å². The standard InChI is InChI=1S/C18H28N2O3/c1-17(2,23)12-11-13-7-9-14(10-8-13)15(21)20(6)18(3,4)16(22)19-5/h7-10,23H,11-12H2,1-6H3,(H,19,22). The van der Waals surface area contributed by atoms with Gasteiger partial charge in [0, 0.05) is 19.7 Å². The molecule has 128 valence electrons. The molecule has 0 bridgehead atoms. The number of carbonyl (C=O) groups excluding carboxylic acids is 2. The van der Waals surface area contributed by atoms with Crippen LogP contribution < -0.4 is 5.32 Å². The van der Waals surface area contributed by atoms with Crippen LogP contribution in [0.25, 0.3) is 0 Å². The first-order valence-electron chi connectivity index (χ1n) is 7.80. The van der Waals surface area contributed by atoms with Crippen LogP contribution in [0, 0.1) is 0 Å². The van der Waals surface area contributed by atoms with Crippen LogP contribution in [0.3, 0.4) is 0 Å². The minimum atomic E-state index is -0.925. The first kappa shape index (κ1) is 19.2. The molecule has 1 rings (SSSR count). The lowest BCUT2D eigenvalue weighted by Crippen LogP contribution is -2.54. The monoisotopic (exact) mass is 320 g/mol. The lowest BCUT2D eigenvalue weighted by molar-refractivity contribution is -0.129. The van der Waals surface area contributed by atoms with E-state index in [0.29, 0.717) is 12.0 Å². The maximum Gasteiger partial charge on any atom is 0.254 e. The number of carbonyl (C=O) groups is 2. The van der Waals surface area contributed by atoms with Crippen molar-refractivity contribution >= 4 is 11.8 Å². The zero-order valence-electron chi connectivity index (χ0n) is 14.9. The smallest absolute Gasteiger partial charge is 0.254 e. The van der Waals surface area contributed by atoms with Gasteiger partial charge in [-0.15, -0.1) is 0 Å². The van der Waals surface area contributed by atoms with Crippen molar-refractivity contribution in [3.63, 3.8) is 0 Å². The van der Waals surface area contributed by atoms with Crippen LogP contribution in [-0.2, 0) is 11.2 Å². The van der Waals surface area contributed by atoms with Crippen LogP contribution in [0.15, 0.2) is 24.3 Å². The number of hydrogen-bond donors (Lipinski definition) is 2. The Hall–Kier alpha value is -1.88. The molecule has 23 heavy (non-hydrogen) atoms. The molecule has 2 amide bonds. The molecule has 0 saturated carbocycles. The molecule has 0 aromatic heterocycles. The summed E-state index contributed by atoms with van der Waals surface area (Å²) in [6.07, 6.45) is 1.40. The Morgan fingerprint density at radius 2 is 1.65 bits per heavy atom. The van der Waals surface area contributed by atoms with E-state index in [-0.39, 0.29) is 11.8 Å². The molecule has 0 spiro atoms. The molecule has 0 fully saturated rings. The third-order valence-corrected chi connectivity index (χ3v) is 4.15. The third-order valence-electron chi connectivity index (χ3n) is 4.15. The highest BCUT2D eigenvalue weighted by molar-refractivity contribution is 5.98. The van der Waals surface area contributed by atoms with E-state index in [1.165, 1.54) is 4.90 Å². The second kappa shape index (κ2) is 7.13. The minimum Gasteiger partial charge on any atom is -0.390 e. The maximum atomic E-state index is 12.5. The number of hydrogen-bond acceptors (Lipinski definition) is 3. The Morgan fingerprint density at radius 3 is 2.09 bits per heavy atom. The van der Waals surface area contributed by atoms with Gasteiger partial charge in [-0.25, -0.2) is 0 Å². The number of aryl methyl sites for hydroxylation is 1. The molecule has 5 heteroatoms. The fraction of sp³-hybridized carbons (Fsp3) is 0.556. The summed E-state index contributed by atoms with van der Waals surface area (Å²) >= 11 is 0. The van der Waals surface area contributed by atoms with Gasteiger partial charge in [0.25, 0.3) is 5.91 Å². The van der Waals surface area contributed by atoms with Gasteiger partial charge in [-0.2, -0.15) is 0 Å². The van der Waals surface area contributed by atoms with Crippen molar-refractivity contribution < 1.29 is 14.7 Å². The van der Waals surface area contributed by atoms with E-state index in [0.717, 1.165) is 12.0 Å². The fourth-order valence-corrected chi connectivity index (χ4v) is 2.17. The molecule has 0 aliphatic rings. The SMILES string of the molecule is CNC(=O)C(C)(C)N(C)C(=O)c1ccc(CCC(C)(C)O)cc1. The van der Waals surface area contributed by atoms with Gasteiger partial charge in [0.05, 0.1) is 5.60 Å². The number of nitrogens with one attached hydrogen (secondary N) is 1. The maximum absolute atomic E-state index is 12.5. The molecule has 5 nitrogen and oxygen atoms in total. The predicted molar refractivity (Wildman–Crippen MR) is 91.3 cm³/mol. The Balaban J connectivity index is 2.83. The summed E-state index contributed by atoms with van der Waals surface area (Å²) in [6, 6.07) is 7.30. The Morgan fingerprint density at radius 1 is 1.13 bits per heavy atom. The molecule has 0 heterocycles. The van der Waals surface area contributed by atoms with E-state index in [2.05, 4.69) is 5.32 Å². The summed E-state index contributed by atoms with van der Waals surface area (Å²) in [6.45, 7) is 6.98. The highest BCUT2D eigenvalue weighted by atomic mass is 16.3. The van der Waals surface area contributed by atoms with Gasteiger partial charge >= 0.3 is 0 Å². The van der Waals surface area contributed by atoms with Gasteiger partial charge in [0.2, 0.25) is 5.91 Å². The van der Waals surface area contributed by atoms with Gasteiger partial charge in [-0.05, 0) is 58.2 Å². The van der Waals surface area contributed by atoms with E-state index < -0.39 is 11.1 Å². The molecule has 0 saturated heterocycles. The summed E-state index contributed by atoms with van der Waals surface area (Å²) in [4.78, 5) is 25.9. The zero-order chi connectivity index (χ0) is 17.8. The number of rotatable bonds is 6. The Bertz CT molecular complexity index is 557. The van der Waals surface area contributed by atoms with E-state index in [4.69, 9.17) is 0 Å². The molecule has 0 unspecified atom stereocenters. The van der Waals surface area contributed by atoms with Gasteiger partial charge in [0.15, 0.2) is 0 Å². The van der Waals surface area contributed by atoms with Crippen molar-refractivity contribution in [3.8, 4) is 0 Å². The summed E-state index contributed by atoms with van der Waals surface area (Å²) < 4.78 is 0. The average molecular weight is 320 g/mol. The van der Waals surface area contributed by atoms with Gasteiger partial charge < -0.3 is 15.3 Å². The van der Waals surface area contributed by atoms with Crippen molar-refractivity contribution in [1.29, 1.82) is 0 Å². The second-order valence-electron chi connectivity index (χ2n) is 7.01. The highest BCUT2D eigenvalue weighted by Crippen LogP contribution is 2.18. The molecule has 1 aromatic rings. The van der Waals surface area contributed by atoms with Crippen molar-refractivity contribution in [2.45, 2.75) is 51.7 Å². The first-order valence-corrected chi connectivity index (χ1v) is 7.80. The van der Waals surface area contributed by atoms with E-state index in [1.54, 1.807) is 53.9 Å². The van der Waals surface area contributed by atoms with Crippen molar-refractivity contribution in [3.05, 3.63) is 35.4 Å². The zero-order valence-corrected chi connectivity index (χ0v) is 14.9. The molecule has 0 radical (unpaired) electrons. The third kappa shape index (κ3) is 5.06. The largest absolute Gasteiger partial charge is 0.390 e. The van der Waals surface area contributed by atoms with E-state index in [1.807, 2.05) is 12.1 Å². The lowest BCUT2D eigenvalue weighted by Gasteiger charge is -2.33. The number of nitrogens with zero attached hydrogens (tertiary/aromatic N) is 1. The number of aliphatic hydroxyl groups is 1. The first-order chi connectivity index (χ1) is 10.5. The van der Waals surface area contributed by atoms with E-state index >= 15 is 0 Å². The second-order valence-corrected chi connectivity index (χ2v) is 7.01. The van der Waals surface area contributed by atoms with Crippen LogP contribution in [0.1, 0.15) is 50.0 Å². The topological polar surface area (TPSA) is 69.6 Å². The van der Waals surface area contributed by atoms with Crippen LogP contribution in [-0.4, -0.2) is 47.1 Å². The predicted octanol–water partition coefficient (Wildman–Crippen LogP) is 1.99. The van der Waals surface area contributed by atoms with Crippen molar-refractivity contribution in [1.82, 2.24) is 10.2 Å². The molecular formula is C18H28N2O3. The molecule has 0 aliphatic heterocycles. The molecule has 2 N–H and O–H groups in total. The molecular weight excluding hydrogens is 292 g/mol. The van der Waals surface area contributed by atoms with Crippen molar-refractivity contribution in [2.75, 3.05) is 14.1 Å². The molecule has 0 aliphatic carbocycles. The van der Waals surface area contributed by atoms with Crippen LogP contribution in [0.4, 0.5) is 0 Å². The average Bonchev–Trinajstić information content (AvgIpc) is 2.50. The summed E-state index contributed by atoms with van der Waals surface area (Å²) in [5.41, 5.74) is -0.0223.